The average molecular weight is 324 g/mol. The molecule has 1 N–H and O–H groups in total. The van der Waals surface area contributed by atoms with Gasteiger partial charge in [-0.1, -0.05) is 36.4 Å². The van der Waals surface area contributed by atoms with Gasteiger partial charge in [-0.15, -0.1) is 0 Å². The van der Waals surface area contributed by atoms with Gasteiger partial charge < -0.3 is 9.84 Å². The monoisotopic (exact) mass is 324 g/mol. The Morgan fingerprint density at radius 3 is 2.42 bits per heavy atom. The lowest BCUT2D eigenvalue weighted by atomic mass is 9.78. The number of nitrogens with zero attached hydrogens (tertiary/aromatic N) is 2. The van der Waals surface area contributed by atoms with Gasteiger partial charge in [0.05, 0.1) is 18.8 Å². The molecule has 2 unspecified atom stereocenters. The molecule has 2 aliphatic rings. The molecule has 2 bridgehead atoms. The summed E-state index contributed by atoms with van der Waals surface area (Å²) in [4.78, 5) is 6.91. The molecule has 0 saturated carbocycles. The largest absolute Gasteiger partial charge is 0.389 e. The van der Waals surface area contributed by atoms with E-state index in [1.54, 1.807) is 6.20 Å². The van der Waals surface area contributed by atoms with Crippen LogP contribution < -0.4 is 0 Å². The van der Waals surface area contributed by atoms with Crippen LogP contribution in [-0.2, 0) is 17.7 Å². The van der Waals surface area contributed by atoms with Crippen LogP contribution in [0.2, 0.25) is 0 Å². The van der Waals surface area contributed by atoms with E-state index in [1.807, 2.05) is 18.2 Å². The maximum Gasteiger partial charge on any atom is 0.0734 e. The smallest absolute Gasteiger partial charge is 0.0734 e. The Bertz CT molecular complexity index is 648. The fourth-order valence-electron chi connectivity index (χ4n) is 4.18. The van der Waals surface area contributed by atoms with Crippen LogP contribution in [0, 0.1) is 0 Å². The van der Waals surface area contributed by atoms with E-state index < -0.39 is 5.60 Å². The maximum absolute atomic E-state index is 11.2. The first kappa shape index (κ1) is 15.8. The highest BCUT2D eigenvalue weighted by Crippen LogP contribution is 2.37. The van der Waals surface area contributed by atoms with Crippen molar-refractivity contribution in [3.05, 3.63) is 66.0 Å². The lowest BCUT2D eigenvalue weighted by Crippen LogP contribution is -2.61. The summed E-state index contributed by atoms with van der Waals surface area (Å²) in [6, 6.07) is 17.0. The molecule has 4 nitrogen and oxygen atoms in total. The van der Waals surface area contributed by atoms with Crippen molar-refractivity contribution in [2.45, 2.75) is 43.5 Å². The van der Waals surface area contributed by atoms with Crippen LogP contribution in [0.15, 0.2) is 54.7 Å². The lowest BCUT2D eigenvalue weighted by Gasteiger charge is -2.51. The van der Waals surface area contributed by atoms with Gasteiger partial charge in [0.1, 0.15) is 0 Å². The molecule has 0 spiro atoms. The second-order valence-electron chi connectivity index (χ2n) is 7.13. The third-order valence-corrected chi connectivity index (χ3v) is 5.23. The molecule has 2 fully saturated rings. The van der Waals surface area contributed by atoms with Crippen molar-refractivity contribution in [3.8, 4) is 0 Å². The molecule has 0 aliphatic carbocycles. The van der Waals surface area contributed by atoms with Gasteiger partial charge in [-0.3, -0.25) is 9.88 Å². The Morgan fingerprint density at radius 2 is 1.75 bits per heavy atom. The molecule has 4 rings (SSSR count). The zero-order valence-electron chi connectivity index (χ0n) is 13.8. The molecular weight excluding hydrogens is 300 g/mol. The van der Waals surface area contributed by atoms with Gasteiger partial charge in [-0.25, -0.2) is 0 Å². The summed E-state index contributed by atoms with van der Waals surface area (Å²) in [5.41, 5.74) is 1.61. The molecule has 0 radical (unpaired) electrons. The summed E-state index contributed by atoms with van der Waals surface area (Å²) in [5, 5.41) is 11.2. The summed E-state index contributed by atoms with van der Waals surface area (Å²) in [6.45, 7) is 2.33. The van der Waals surface area contributed by atoms with E-state index in [1.165, 1.54) is 5.56 Å². The van der Waals surface area contributed by atoms with Crippen LogP contribution in [-0.4, -0.2) is 45.9 Å². The number of hydrogen-bond donors (Lipinski definition) is 1. The normalized spacial score (nSPS) is 30.2. The number of ether oxygens (including phenoxy) is 1. The molecule has 0 amide bonds. The van der Waals surface area contributed by atoms with Gasteiger partial charge in [0.25, 0.3) is 0 Å². The number of fused-ring (bicyclic) bond motifs is 2. The number of piperidine rings is 1. The highest BCUT2D eigenvalue weighted by Gasteiger charge is 2.46. The second-order valence-corrected chi connectivity index (χ2v) is 7.13. The predicted molar refractivity (Wildman–Crippen MR) is 92.5 cm³/mol. The van der Waals surface area contributed by atoms with E-state index in [0.717, 1.165) is 25.1 Å². The third kappa shape index (κ3) is 3.36. The van der Waals surface area contributed by atoms with Crippen LogP contribution in [0.4, 0.5) is 0 Å². The minimum absolute atomic E-state index is 0.270. The molecule has 3 heterocycles. The van der Waals surface area contributed by atoms with Crippen LogP contribution in [0.3, 0.4) is 0 Å². The second kappa shape index (κ2) is 6.63. The Hall–Kier alpha value is -1.75. The summed E-state index contributed by atoms with van der Waals surface area (Å²) >= 11 is 0. The van der Waals surface area contributed by atoms with E-state index >= 15 is 0 Å². The van der Waals surface area contributed by atoms with Crippen molar-refractivity contribution in [2.24, 2.45) is 0 Å². The van der Waals surface area contributed by atoms with Crippen molar-refractivity contribution in [1.82, 2.24) is 9.88 Å². The first-order valence-corrected chi connectivity index (χ1v) is 8.72. The van der Waals surface area contributed by atoms with Crippen molar-refractivity contribution < 1.29 is 9.84 Å². The number of pyridine rings is 1. The summed E-state index contributed by atoms with van der Waals surface area (Å²) in [5.74, 6) is 0. The van der Waals surface area contributed by atoms with Gasteiger partial charge in [0, 0.05) is 36.9 Å². The summed E-state index contributed by atoms with van der Waals surface area (Å²) in [6.07, 6.45) is 3.91. The van der Waals surface area contributed by atoms with Gasteiger partial charge >= 0.3 is 0 Å². The lowest BCUT2D eigenvalue weighted by molar-refractivity contribution is -0.145. The van der Waals surface area contributed by atoms with E-state index in [9.17, 15) is 5.11 Å². The topological polar surface area (TPSA) is 45.6 Å². The van der Waals surface area contributed by atoms with E-state index in [0.29, 0.717) is 19.6 Å². The third-order valence-electron chi connectivity index (χ3n) is 5.23. The molecule has 1 aromatic heterocycles. The Morgan fingerprint density at radius 1 is 1.04 bits per heavy atom. The maximum atomic E-state index is 11.2. The fraction of sp³-hybridized carbons (Fsp3) is 0.450. The van der Waals surface area contributed by atoms with Gasteiger partial charge in [-0.2, -0.15) is 0 Å². The Labute approximate surface area is 143 Å². The molecule has 1 aromatic carbocycles. The van der Waals surface area contributed by atoms with Gasteiger partial charge in [0.2, 0.25) is 0 Å². The Kier molecular flexibility index (Phi) is 4.35. The van der Waals surface area contributed by atoms with Crippen molar-refractivity contribution in [3.63, 3.8) is 0 Å². The molecule has 2 atom stereocenters. The zero-order valence-corrected chi connectivity index (χ0v) is 13.8. The van der Waals surface area contributed by atoms with Crippen molar-refractivity contribution in [1.29, 1.82) is 0 Å². The van der Waals surface area contributed by atoms with Crippen LogP contribution in [0.5, 0.6) is 0 Å². The van der Waals surface area contributed by atoms with Crippen molar-refractivity contribution >= 4 is 0 Å². The molecular formula is C20H24N2O2. The number of hydrogen-bond acceptors (Lipinski definition) is 4. The Balaban J connectivity index is 1.50. The molecule has 24 heavy (non-hydrogen) atoms. The predicted octanol–water partition coefficient (Wildman–Crippen LogP) is 2.42. The SMILES string of the molecule is OC1(Cc2ccccn2)CC2COCC(C1)N2Cc1ccccc1. The number of rotatable bonds is 4. The van der Waals surface area contributed by atoms with Crippen molar-refractivity contribution in [2.75, 3.05) is 13.2 Å². The molecule has 2 saturated heterocycles. The first-order valence-electron chi connectivity index (χ1n) is 8.72. The molecule has 126 valence electrons. The van der Waals surface area contributed by atoms with Crippen LogP contribution in [0.25, 0.3) is 0 Å². The molecule has 4 heteroatoms. The minimum Gasteiger partial charge on any atom is -0.389 e. The standard InChI is InChI=1S/C20H24N2O2/c23-20(10-17-8-4-5-9-21-17)11-18-14-24-15-19(12-20)22(18)13-16-6-2-1-3-7-16/h1-9,18-19,23H,10-15H2. The number of benzene rings is 1. The quantitative estimate of drug-likeness (QED) is 0.938. The van der Waals surface area contributed by atoms with E-state index in [-0.39, 0.29) is 12.1 Å². The summed E-state index contributed by atoms with van der Waals surface area (Å²) < 4.78 is 5.78. The van der Waals surface area contributed by atoms with E-state index in [2.05, 4.69) is 40.2 Å². The average Bonchev–Trinajstić information content (AvgIpc) is 2.58. The van der Waals surface area contributed by atoms with Crippen LogP contribution >= 0.6 is 0 Å². The molecule has 2 aliphatic heterocycles. The molecule has 2 aromatic rings. The van der Waals surface area contributed by atoms with Gasteiger partial charge in [-0.05, 0) is 30.5 Å². The summed E-state index contributed by atoms with van der Waals surface area (Å²) in [7, 11) is 0. The fourth-order valence-corrected chi connectivity index (χ4v) is 4.18. The highest BCUT2D eigenvalue weighted by atomic mass is 16.5. The number of aliphatic hydroxyl groups is 1. The number of aromatic nitrogens is 1. The highest BCUT2D eigenvalue weighted by molar-refractivity contribution is 5.16. The van der Waals surface area contributed by atoms with Gasteiger partial charge in [0.15, 0.2) is 0 Å². The minimum atomic E-state index is -0.680. The van der Waals surface area contributed by atoms with E-state index in [4.69, 9.17) is 4.74 Å². The van der Waals surface area contributed by atoms with Crippen LogP contribution in [0.1, 0.15) is 24.1 Å². The first-order chi connectivity index (χ1) is 11.7. The zero-order chi connectivity index (χ0) is 16.4. The number of morpholine rings is 1.